The van der Waals surface area contributed by atoms with Gasteiger partial charge in [0.15, 0.2) is 5.82 Å². The average Bonchev–Trinajstić information content (AvgIpc) is 3.33. The molecule has 0 aliphatic carbocycles. The highest BCUT2D eigenvalue weighted by Gasteiger charge is 2.13. The number of rotatable bonds is 7. The number of fused-ring (bicyclic) bond motifs is 1. The van der Waals surface area contributed by atoms with Crippen molar-refractivity contribution in [3.05, 3.63) is 76.8 Å². The fourth-order valence-electron chi connectivity index (χ4n) is 2.95. The minimum Gasteiger partial charge on any atom is -0.352 e. The molecular formula is C21H19N3O2S2. The van der Waals surface area contributed by atoms with Gasteiger partial charge in [0.25, 0.3) is 5.91 Å². The van der Waals surface area contributed by atoms with E-state index in [1.54, 1.807) is 18.3 Å². The van der Waals surface area contributed by atoms with Crippen LogP contribution >= 0.6 is 23.1 Å². The molecule has 0 fully saturated rings. The molecule has 2 aromatic carbocycles. The first-order chi connectivity index (χ1) is 13.7. The number of aromatic nitrogens is 2. The molecule has 2 heterocycles. The molecule has 2 aromatic heterocycles. The summed E-state index contributed by atoms with van der Waals surface area (Å²) in [4.78, 5) is 17.8. The van der Waals surface area contributed by atoms with Gasteiger partial charge in [0.2, 0.25) is 5.89 Å². The molecular weight excluding hydrogens is 390 g/mol. The highest BCUT2D eigenvalue weighted by molar-refractivity contribution is 7.98. The zero-order valence-electron chi connectivity index (χ0n) is 15.3. The second-order valence-electron chi connectivity index (χ2n) is 6.28. The van der Waals surface area contributed by atoms with E-state index in [4.69, 9.17) is 4.52 Å². The van der Waals surface area contributed by atoms with Gasteiger partial charge in [-0.2, -0.15) is 4.98 Å². The van der Waals surface area contributed by atoms with Gasteiger partial charge >= 0.3 is 0 Å². The largest absolute Gasteiger partial charge is 0.352 e. The van der Waals surface area contributed by atoms with E-state index in [1.165, 1.54) is 27.4 Å². The Morgan fingerprint density at radius 2 is 2.00 bits per heavy atom. The van der Waals surface area contributed by atoms with E-state index in [9.17, 15) is 4.79 Å². The first kappa shape index (κ1) is 18.7. The van der Waals surface area contributed by atoms with Crippen molar-refractivity contribution in [1.82, 2.24) is 15.5 Å². The number of thioether (sulfide) groups is 1. The summed E-state index contributed by atoms with van der Waals surface area (Å²) < 4.78 is 6.43. The summed E-state index contributed by atoms with van der Waals surface area (Å²) >= 11 is 3.26. The van der Waals surface area contributed by atoms with Crippen LogP contribution in [0, 0.1) is 6.92 Å². The Morgan fingerprint density at radius 3 is 2.86 bits per heavy atom. The number of hydrogen-bond donors (Lipinski definition) is 1. The highest BCUT2D eigenvalue weighted by Crippen LogP contribution is 2.27. The van der Waals surface area contributed by atoms with Gasteiger partial charge in [-0.1, -0.05) is 35.5 Å². The number of thiophene rings is 1. The molecule has 1 amide bonds. The zero-order chi connectivity index (χ0) is 19.3. The first-order valence-electron chi connectivity index (χ1n) is 8.95. The van der Waals surface area contributed by atoms with Crippen LogP contribution in [0.3, 0.4) is 0 Å². The van der Waals surface area contributed by atoms with Crippen LogP contribution in [0.1, 0.15) is 27.6 Å². The number of carbonyl (C=O) groups is 1. The molecule has 0 spiro atoms. The van der Waals surface area contributed by atoms with Crippen molar-refractivity contribution >= 4 is 39.1 Å². The van der Waals surface area contributed by atoms with E-state index < -0.39 is 0 Å². The van der Waals surface area contributed by atoms with Gasteiger partial charge in [0.1, 0.15) is 0 Å². The Kier molecular flexibility index (Phi) is 5.73. The number of nitrogens with zero attached hydrogens (tertiary/aromatic N) is 2. The van der Waals surface area contributed by atoms with E-state index in [1.807, 2.05) is 24.3 Å². The number of carbonyl (C=O) groups excluding carboxylic acids is 1. The number of benzene rings is 2. The third-order valence-electron chi connectivity index (χ3n) is 4.29. The highest BCUT2D eigenvalue weighted by atomic mass is 32.2. The van der Waals surface area contributed by atoms with Crippen molar-refractivity contribution in [2.45, 2.75) is 24.0 Å². The van der Waals surface area contributed by atoms with Crippen LogP contribution in [0.25, 0.3) is 10.1 Å². The molecule has 0 unspecified atom stereocenters. The molecule has 0 atom stereocenters. The quantitative estimate of drug-likeness (QED) is 0.442. The minimum atomic E-state index is -0.0654. The molecule has 28 heavy (non-hydrogen) atoms. The summed E-state index contributed by atoms with van der Waals surface area (Å²) in [6.45, 7) is 2.39. The molecule has 7 heteroatoms. The number of aryl methyl sites for hydroxylation is 1. The summed E-state index contributed by atoms with van der Waals surface area (Å²) in [5.74, 6) is 1.64. The molecule has 0 aliphatic heterocycles. The van der Waals surface area contributed by atoms with Crippen LogP contribution in [0.15, 0.2) is 63.3 Å². The van der Waals surface area contributed by atoms with Crippen LogP contribution in [0.5, 0.6) is 0 Å². The summed E-state index contributed by atoms with van der Waals surface area (Å²) in [5.41, 5.74) is 1.94. The third kappa shape index (κ3) is 4.26. The van der Waals surface area contributed by atoms with Crippen molar-refractivity contribution in [2.24, 2.45) is 0 Å². The van der Waals surface area contributed by atoms with Crippen LogP contribution in [0.2, 0.25) is 0 Å². The topological polar surface area (TPSA) is 68.0 Å². The standard InChI is InChI=1S/C21H19N3O2S2/c1-14-23-20(26-24-14)13-28-19-9-5-3-7-17(19)21(25)22-11-10-15-12-27-18-8-4-2-6-16(15)18/h2-9,12H,10-11,13H2,1H3,(H,22,25). The average molecular weight is 410 g/mol. The molecule has 0 saturated heterocycles. The maximum Gasteiger partial charge on any atom is 0.252 e. The number of hydrogen-bond acceptors (Lipinski definition) is 6. The smallest absolute Gasteiger partial charge is 0.252 e. The molecule has 0 radical (unpaired) electrons. The molecule has 4 rings (SSSR count). The third-order valence-corrected chi connectivity index (χ3v) is 6.36. The lowest BCUT2D eigenvalue weighted by atomic mass is 10.1. The fourth-order valence-corrected chi connectivity index (χ4v) is 4.84. The molecule has 0 bridgehead atoms. The van der Waals surface area contributed by atoms with Crippen molar-refractivity contribution in [3.63, 3.8) is 0 Å². The molecule has 142 valence electrons. The number of amides is 1. The van der Waals surface area contributed by atoms with Gasteiger partial charge in [0.05, 0.1) is 11.3 Å². The predicted molar refractivity (Wildman–Crippen MR) is 113 cm³/mol. The molecule has 5 nitrogen and oxygen atoms in total. The van der Waals surface area contributed by atoms with Gasteiger partial charge < -0.3 is 9.84 Å². The maximum absolute atomic E-state index is 12.7. The second-order valence-corrected chi connectivity index (χ2v) is 8.21. The summed E-state index contributed by atoms with van der Waals surface area (Å²) in [7, 11) is 0. The molecule has 0 aliphatic rings. The summed E-state index contributed by atoms with van der Waals surface area (Å²) in [5, 5.41) is 10.3. The Balaban J connectivity index is 1.38. The fraction of sp³-hybridized carbons (Fsp3) is 0.190. The van der Waals surface area contributed by atoms with Crippen LogP contribution in [-0.4, -0.2) is 22.6 Å². The van der Waals surface area contributed by atoms with Crippen LogP contribution in [-0.2, 0) is 12.2 Å². The maximum atomic E-state index is 12.7. The normalized spacial score (nSPS) is 11.0. The van der Waals surface area contributed by atoms with Crippen LogP contribution in [0.4, 0.5) is 0 Å². The number of nitrogens with one attached hydrogen (secondary N) is 1. The van der Waals surface area contributed by atoms with Crippen molar-refractivity contribution < 1.29 is 9.32 Å². The van der Waals surface area contributed by atoms with Gasteiger partial charge in [-0.3, -0.25) is 4.79 Å². The van der Waals surface area contributed by atoms with Gasteiger partial charge in [-0.05, 0) is 47.9 Å². The van der Waals surface area contributed by atoms with Gasteiger partial charge in [-0.25, -0.2) is 0 Å². The van der Waals surface area contributed by atoms with Crippen LogP contribution < -0.4 is 5.32 Å². The van der Waals surface area contributed by atoms with Gasteiger partial charge in [0, 0.05) is 16.1 Å². The minimum absolute atomic E-state index is 0.0654. The summed E-state index contributed by atoms with van der Waals surface area (Å²) in [6.07, 6.45) is 0.812. The van der Waals surface area contributed by atoms with Crippen molar-refractivity contribution in [2.75, 3.05) is 6.54 Å². The van der Waals surface area contributed by atoms with E-state index in [-0.39, 0.29) is 5.91 Å². The molecule has 1 N–H and O–H groups in total. The van der Waals surface area contributed by atoms with E-state index in [0.717, 1.165) is 11.3 Å². The second kappa shape index (κ2) is 8.58. The molecule has 0 saturated carbocycles. The monoisotopic (exact) mass is 409 g/mol. The lowest BCUT2D eigenvalue weighted by Gasteiger charge is -2.09. The Labute approximate surface area is 171 Å². The SMILES string of the molecule is Cc1noc(CSc2ccccc2C(=O)NCCc2csc3ccccc23)n1. The Hall–Kier alpha value is -2.64. The first-order valence-corrected chi connectivity index (χ1v) is 10.8. The summed E-state index contributed by atoms with van der Waals surface area (Å²) in [6, 6.07) is 15.9. The van der Waals surface area contributed by atoms with E-state index in [0.29, 0.717) is 29.6 Å². The lowest BCUT2D eigenvalue weighted by molar-refractivity contribution is 0.0951. The van der Waals surface area contributed by atoms with E-state index >= 15 is 0 Å². The molecule has 4 aromatic rings. The predicted octanol–water partition coefficient (Wildman–Crippen LogP) is 4.86. The van der Waals surface area contributed by atoms with Crippen molar-refractivity contribution in [3.8, 4) is 0 Å². The van der Waals surface area contributed by atoms with Crippen molar-refractivity contribution in [1.29, 1.82) is 0 Å². The zero-order valence-corrected chi connectivity index (χ0v) is 17.0. The Morgan fingerprint density at radius 1 is 1.18 bits per heavy atom. The van der Waals surface area contributed by atoms with Gasteiger partial charge in [-0.15, -0.1) is 23.1 Å². The Bertz CT molecular complexity index is 1100. The van der Waals surface area contributed by atoms with E-state index in [2.05, 4.69) is 45.1 Å². The lowest BCUT2D eigenvalue weighted by Crippen LogP contribution is -2.26.